The van der Waals surface area contributed by atoms with Crippen LogP contribution in [0.25, 0.3) is 0 Å². The molecule has 43 valence electrons. The molecule has 1 rings (SSSR count). The van der Waals surface area contributed by atoms with Gasteiger partial charge >= 0.3 is 0 Å². The summed E-state index contributed by atoms with van der Waals surface area (Å²) in [6.45, 7) is 4.56. The molecule has 1 saturated heterocycles. The molecule has 3 heteroatoms. The summed E-state index contributed by atoms with van der Waals surface area (Å²) in [5, 5.41) is 6.44. The number of piperazine rings is 1. The zero-order chi connectivity index (χ0) is 4.24. The molecule has 1 aliphatic rings. The van der Waals surface area contributed by atoms with Gasteiger partial charge in [0.15, 0.2) is 0 Å². The third-order valence-corrected chi connectivity index (χ3v) is 0.957. The van der Waals surface area contributed by atoms with Gasteiger partial charge in [-0.3, -0.25) is 0 Å². The van der Waals surface area contributed by atoms with Crippen LogP contribution in [0.2, 0.25) is 0 Å². The van der Waals surface area contributed by atoms with Gasteiger partial charge in [-0.25, -0.2) is 0 Å². The Hall–Kier alpha value is 0.439. The van der Waals surface area contributed by atoms with E-state index in [0.717, 1.165) is 26.2 Å². The van der Waals surface area contributed by atoms with Gasteiger partial charge in [0.1, 0.15) is 0 Å². The first-order valence-corrected chi connectivity index (χ1v) is 2.41. The molecule has 0 spiro atoms. The molecule has 0 aromatic heterocycles. The predicted molar refractivity (Wildman–Crippen MR) is 25.7 cm³/mol. The van der Waals surface area contributed by atoms with Crippen molar-refractivity contribution in [1.29, 1.82) is 0 Å². The van der Waals surface area contributed by atoms with Crippen molar-refractivity contribution in [2.75, 3.05) is 26.2 Å². The Morgan fingerprint density at radius 3 is 1.14 bits per heavy atom. The van der Waals surface area contributed by atoms with E-state index >= 15 is 0 Å². The van der Waals surface area contributed by atoms with Gasteiger partial charge < -0.3 is 10.6 Å². The number of hydrogen-bond donors (Lipinski definition) is 2. The Morgan fingerprint density at radius 2 is 1.00 bits per heavy atom. The average molecular weight is 141 g/mol. The van der Waals surface area contributed by atoms with E-state index < -0.39 is 0 Å². The standard InChI is InChI=1S/C4H10N2.Mn/c1-2-6-4-3-5-1;/h5-6H,1-4H2;. The Morgan fingerprint density at radius 1 is 0.714 bits per heavy atom. The smallest absolute Gasteiger partial charge is 0.00772 e. The van der Waals surface area contributed by atoms with Crippen LogP contribution in [0.15, 0.2) is 0 Å². The summed E-state index contributed by atoms with van der Waals surface area (Å²) < 4.78 is 0. The summed E-state index contributed by atoms with van der Waals surface area (Å²) in [5.41, 5.74) is 0. The molecule has 1 radical (unpaired) electrons. The Bertz CT molecular complexity index is 25.2. The molecule has 0 atom stereocenters. The number of hydrogen-bond acceptors (Lipinski definition) is 2. The van der Waals surface area contributed by atoms with E-state index in [9.17, 15) is 0 Å². The number of nitrogens with one attached hydrogen (secondary N) is 2. The van der Waals surface area contributed by atoms with E-state index in [-0.39, 0.29) is 17.1 Å². The van der Waals surface area contributed by atoms with E-state index in [0.29, 0.717) is 0 Å². The van der Waals surface area contributed by atoms with E-state index in [1.807, 2.05) is 0 Å². The second kappa shape index (κ2) is 4.59. The first-order valence-electron chi connectivity index (χ1n) is 2.41. The summed E-state index contributed by atoms with van der Waals surface area (Å²) in [6.07, 6.45) is 0. The van der Waals surface area contributed by atoms with Gasteiger partial charge in [-0.15, -0.1) is 0 Å². The van der Waals surface area contributed by atoms with Crippen LogP contribution >= 0.6 is 0 Å². The van der Waals surface area contributed by atoms with Crippen LogP contribution in [0, 0.1) is 0 Å². The molecule has 0 saturated carbocycles. The maximum absolute atomic E-state index is 3.22. The van der Waals surface area contributed by atoms with Crippen LogP contribution in [0.1, 0.15) is 0 Å². The first-order chi connectivity index (χ1) is 3.00. The molecular weight excluding hydrogens is 131 g/mol. The predicted octanol–water partition coefficient (Wildman–Crippen LogP) is -0.823. The molecule has 0 unspecified atom stereocenters. The van der Waals surface area contributed by atoms with Crippen molar-refractivity contribution in [3.8, 4) is 0 Å². The molecule has 2 nitrogen and oxygen atoms in total. The van der Waals surface area contributed by atoms with Crippen molar-refractivity contribution >= 4 is 0 Å². The zero-order valence-electron chi connectivity index (χ0n) is 4.21. The monoisotopic (exact) mass is 141 g/mol. The molecule has 7 heavy (non-hydrogen) atoms. The third-order valence-electron chi connectivity index (χ3n) is 0.957. The molecule has 1 heterocycles. The SMILES string of the molecule is C1CNCCN1.[Mn]. The Balaban J connectivity index is 0.000000360. The first kappa shape index (κ1) is 7.44. The fourth-order valence-electron chi connectivity index (χ4n) is 0.604. The van der Waals surface area contributed by atoms with E-state index in [1.165, 1.54) is 0 Å². The van der Waals surface area contributed by atoms with E-state index in [1.54, 1.807) is 0 Å². The fourth-order valence-corrected chi connectivity index (χ4v) is 0.604. The minimum Gasteiger partial charge on any atom is -0.314 e. The second-order valence-electron chi connectivity index (χ2n) is 1.50. The zero-order valence-corrected chi connectivity index (χ0v) is 5.39. The maximum Gasteiger partial charge on any atom is 0.00772 e. The van der Waals surface area contributed by atoms with Crippen molar-refractivity contribution in [1.82, 2.24) is 10.6 Å². The molecular formula is C4H10MnN2. The van der Waals surface area contributed by atoms with Crippen molar-refractivity contribution in [2.24, 2.45) is 0 Å². The minimum absolute atomic E-state index is 0. The summed E-state index contributed by atoms with van der Waals surface area (Å²) in [5.74, 6) is 0. The molecule has 1 aliphatic heterocycles. The largest absolute Gasteiger partial charge is 0.314 e. The van der Waals surface area contributed by atoms with E-state index in [2.05, 4.69) is 10.6 Å². The fraction of sp³-hybridized carbons (Fsp3) is 1.00. The molecule has 0 aromatic rings. The molecule has 2 N–H and O–H groups in total. The van der Waals surface area contributed by atoms with Gasteiger partial charge in [-0.2, -0.15) is 0 Å². The molecule has 1 fully saturated rings. The summed E-state index contributed by atoms with van der Waals surface area (Å²) in [4.78, 5) is 0. The third kappa shape index (κ3) is 3.06. The van der Waals surface area contributed by atoms with Gasteiger partial charge in [-0.1, -0.05) is 0 Å². The van der Waals surface area contributed by atoms with Crippen LogP contribution in [0.5, 0.6) is 0 Å². The van der Waals surface area contributed by atoms with Crippen LogP contribution in [0.3, 0.4) is 0 Å². The van der Waals surface area contributed by atoms with Crippen molar-refractivity contribution in [2.45, 2.75) is 0 Å². The quantitative estimate of drug-likeness (QED) is 0.430. The normalized spacial score (nSPS) is 20.6. The second-order valence-corrected chi connectivity index (χ2v) is 1.50. The number of rotatable bonds is 0. The van der Waals surface area contributed by atoms with Crippen molar-refractivity contribution in [3.05, 3.63) is 0 Å². The van der Waals surface area contributed by atoms with Gasteiger partial charge in [0.25, 0.3) is 0 Å². The van der Waals surface area contributed by atoms with Gasteiger partial charge in [0.05, 0.1) is 0 Å². The van der Waals surface area contributed by atoms with Crippen LogP contribution in [-0.4, -0.2) is 26.2 Å². The molecule has 0 bridgehead atoms. The molecule has 0 aliphatic carbocycles. The van der Waals surface area contributed by atoms with Crippen LogP contribution < -0.4 is 10.6 Å². The Kier molecular flexibility index (Phi) is 4.88. The van der Waals surface area contributed by atoms with Gasteiger partial charge in [0.2, 0.25) is 0 Å². The Labute approximate surface area is 54.5 Å². The minimum atomic E-state index is 0. The van der Waals surface area contributed by atoms with Crippen LogP contribution in [0.4, 0.5) is 0 Å². The van der Waals surface area contributed by atoms with Gasteiger partial charge in [-0.05, 0) is 0 Å². The van der Waals surface area contributed by atoms with Crippen molar-refractivity contribution in [3.63, 3.8) is 0 Å². The average Bonchev–Trinajstić information content (AvgIpc) is 1.72. The summed E-state index contributed by atoms with van der Waals surface area (Å²) in [6, 6.07) is 0. The van der Waals surface area contributed by atoms with E-state index in [4.69, 9.17) is 0 Å². The van der Waals surface area contributed by atoms with Crippen molar-refractivity contribution < 1.29 is 17.1 Å². The summed E-state index contributed by atoms with van der Waals surface area (Å²) >= 11 is 0. The van der Waals surface area contributed by atoms with Crippen LogP contribution in [-0.2, 0) is 17.1 Å². The maximum atomic E-state index is 3.22. The summed E-state index contributed by atoms with van der Waals surface area (Å²) in [7, 11) is 0. The van der Waals surface area contributed by atoms with Gasteiger partial charge in [0, 0.05) is 43.2 Å². The molecule has 0 aromatic carbocycles. The topological polar surface area (TPSA) is 24.1 Å². The molecule has 0 amide bonds.